The Kier molecular flexibility index (Phi) is 59.2. The van der Waals surface area contributed by atoms with Gasteiger partial charge in [-0.15, -0.1) is 0 Å². The van der Waals surface area contributed by atoms with Gasteiger partial charge >= 0.3 is 0 Å². The third kappa shape index (κ3) is 44.6. The van der Waals surface area contributed by atoms with Crippen molar-refractivity contribution in [2.24, 2.45) is 5.41 Å². The fourth-order valence-corrected chi connectivity index (χ4v) is 15.0. The first-order chi connectivity index (χ1) is 73.1. The summed E-state index contributed by atoms with van der Waals surface area (Å²) in [4.78, 5) is 85.4. The van der Waals surface area contributed by atoms with Gasteiger partial charge in [0.2, 0.25) is 17.4 Å². The molecule has 820 valence electrons. The lowest BCUT2D eigenvalue weighted by molar-refractivity contribution is -0.132. The first-order valence-electron chi connectivity index (χ1n) is 50.1. The topological polar surface area (TPSA) is 485 Å². The Balaban J connectivity index is 1.02. The quantitative estimate of drug-likeness (QED) is 0.0164. The maximum atomic E-state index is 15.6. The van der Waals surface area contributed by atoms with Gasteiger partial charge in [0.25, 0.3) is 23.6 Å². The molecule has 42 heteroatoms. The average Bonchev–Trinajstić information content (AvgIpc) is 0.813. The van der Waals surface area contributed by atoms with Gasteiger partial charge in [-0.25, -0.2) is 0 Å². The first-order valence-corrected chi connectivity index (χ1v) is 50.1. The molecule has 0 aliphatic carbocycles. The molecule has 9 aromatic rings. The average molecular weight is 2090 g/mol. The number of fused-ring (bicyclic) bond motifs is 3. The third-order valence-electron chi connectivity index (χ3n) is 22.6. The number of methoxy groups -OCH3 is 6. The predicted molar refractivity (Wildman–Crippen MR) is 549 cm³/mol. The van der Waals surface area contributed by atoms with Crippen LogP contribution in [0.15, 0.2) is 134 Å². The molecule has 3 aromatic heterocycles. The number of aromatic hydroxyl groups is 3. The van der Waals surface area contributed by atoms with E-state index in [2.05, 4.69) is 41.5 Å². The lowest BCUT2D eigenvalue weighted by Crippen LogP contribution is -2.43. The summed E-state index contributed by atoms with van der Waals surface area (Å²) in [5.74, 6) is -1.65. The van der Waals surface area contributed by atoms with E-state index in [0.29, 0.717) is 146 Å². The van der Waals surface area contributed by atoms with Crippen molar-refractivity contribution >= 4 is 62.2 Å². The van der Waals surface area contributed by atoms with E-state index in [-0.39, 0.29) is 312 Å². The molecule has 0 saturated heterocycles. The van der Waals surface area contributed by atoms with Crippen LogP contribution in [0.4, 0.5) is 0 Å². The third-order valence-corrected chi connectivity index (χ3v) is 22.6. The smallest absolute Gasteiger partial charge is 0.255 e. The molecule has 0 radical (unpaired) electrons. The molecule has 42 nitrogen and oxygen atoms in total. The van der Waals surface area contributed by atoms with Crippen LogP contribution in [0.3, 0.4) is 0 Å². The Morgan fingerprint density at radius 1 is 0.268 bits per heavy atom. The highest BCUT2D eigenvalue weighted by molar-refractivity contribution is 6.04. The molecule has 5 amide bonds. The van der Waals surface area contributed by atoms with Gasteiger partial charge < -0.3 is 165 Å². The molecule has 0 bridgehead atoms. The van der Waals surface area contributed by atoms with Crippen LogP contribution >= 0.6 is 0 Å². The van der Waals surface area contributed by atoms with Crippen LogP contribution in [0.25, 0.3) is 32.7 Å². The van der Waals surface area contributed by atoms with E-state index in [9.17, 15) is 29.7 Å². The molecular formula is C107H148N8O34. The summed E-state index contributed by atoms with van der Waals surface area (Å²) in [6.07, 6.45) is 5.82. The number of amides is 5. The van der Waals surface area contributed by atoms with Crippen molar-refractivity contribution in [1.82, 2.24) is 41.5 Å². The van der Waals surface area contributed by atoms with E-state index in [0.717, 1.165) is 0 Å². The van der Waals surface area contributed by atoms with Crippen LogP contribution in [-0.4, -0.2) is 373 Å². The highest BCUT2D eigenvalue weighted by Crippen LogP contribution is 2.43. The summed E-state index contributed by atoms with van der Waals surface area (Å²) in [7, 11) is 9.58. The second-order valence-corrected chi connectivity index (χ2v) is 33.3. The van der Waals surface area contributed by atoms with Gasteiger partial charge in [0.05, 0.1) is 215 Å². The summed E-state index contributed by atoms with van der Waals surface area (Å²) >= 11 is 0. The summed E-state index contributed by atoms with van der Waals surface area (Å²) in [6, 6.07) is 31.7. The van der Waals surface area contributed by atoms with Gasteiger partial charge in [0, 0.05) is 127 Å². The van der Waals surface area contributed by atoms with Crippen molar-refractivity contribution in [3.8, 4) is 63.2 Å². The lowest BCUT2D eigenvalue weighted by atomic mass is 9.74. The molecule has 9 rings (SSSR count). The molecular weight excluding hydrogens is 1940 g/mol. The van der Waals surface area contributed by atoms with Crippen molar-refractivity contribution < 1.29 is 162 Å². The SMILES string of the molecule is COCCOCCOCCOc1cc(COc2cc(OCc3cc(OCCOCCOCCOC)c(OCCOCCOCCOC)c(OCCOCCOCCOC)c3)cc(C(=O)NCCCNC(=O)C(CCCNC(=O)c3ccc4cccnc4c3O)(CCCNC(=O)c3ccc4cccnc4c3O)CCCNC(=O)c3ccc4cccnc4c3O)c2)cc(OCCOCCOCCOC)c1OCCOCCOCCOC. The van der Waals surface area contributed by atoms with Gasteiger partial charge in [-0.1, -0.05) is 36.4 Å². The number of pyridine rings is 3. The zero-order valence-electron chi connectivity index (χ0n) is 86.4. The fraction of sp³-hybridized carbons (Fsp3) is 0.533. The predicted octanol–water partition coefficient (Wildman–Crippen LogP) is 9.81. The van der Waals surface area contributed by atoms with E-state index >= 15 is 9.59 Å². The van der Waals surface area contributed by atoms with Crippen molar-refractivity contribution in [3.63, 3.8) is 0 Å². The van der Waals surface area contributed by atoms with Crippen molar-refractivity contribution in [1.29, 1.82) is 0 Å². The Bertz CT molecular complexity index is 4860. The van der Waals surface area contributed by atoms with E-state index in [4.69, 9.17) is 123 Å². The number of phenolic OH excluding ortho intramolecular Hbond substituents is 3. The van der Waals surface area contributed by atoms with Crippen LogP contribution in [-0.2, 0) is 103 Å². The van der Waals surface area contributed by atoms with Crippen LogP contribution in [0.5, 0.6) is 63.2 Å². The van der Waals surface area contributed by atoms with Gasteiger partial charge in [0.1, 0.15) is 80.9 Å². The number of benzene rings is 6. The summed E-state index contributed by atoms with van der Waals surface area (Å²) in [5, 5.41) is 50.7. The molecule has 0 aliphatic rings. The minimum Gasteiger partial charge on any atom is -0.505 e. The number of rotatable bonds is 87. The Hall–Kier alpha value is -12.0. The molecule has 0 aliphatic heterocycles. The number of phenols is 3. The molecule has 6 aromatic carbocycles. The molecule has 3 heterocycles. The molecule has 149 heavy (non-hydrogen) atoms. The fourth-order valence-electron chi connectivity index (χ4n) is 15.0. The molecule has 0 saturated carbocycles. The maximum Gasteiger partial charge on any atom is 0.255 e. The van der Waals surface area contributed by atoms with Gasteiger partial charge in [-0.05, 0) is 129 Å². The van der Waals surface area contributed by atoms with E-state index in [1.165, 1.54) is 36.8 Å². The zero-order valence-corrected chi connectivity index (χ0v) is 86.4. The number of nitrogens with zero attached hydrogens (tertiary/aromatic N) is 3. The number of hydrogen-bond acceptors (Lipinski definition) is 37. The Labute approximate surface area is 869 Å². The van der Waals surface area contributed by atoms with E-state index in [1.54, 1.807) is 140 Å². The number of nitrogens with one attached hydrogen (secondary N) is 5. The minimum absolute atomic E-state index is 0.00652. The van der Waals surface area contributed by atoms with Gasteiger partial charge in [-0.3, -0.25) is 38.9 Å². The van der Waals surface area contributed by atoms with Crippen molar-refractivity contribution in [3.05, 3.63) is 167 Å². The Morgan fingerprint density at radius 3 is 0.799 bits per heavy atom. The molecule has 0 atom stereocenters. The van der Waals surface area contributed by atoms with Crippen molar-refractivity contribution in [2.75, 3.05) is 313 Å². The van der Waals surface area contributed by atoms with E-state index in [1.807, 2.05) is 0 Å². The van der Waals surface area contributed by atoms with E-state index < -0.39 is 35.0 Å². The van der Waals surface area contributed by atoms with Crippen LogP contribution in [0, 0.1) is 5.41 Å². The molecule has 0 fully saturated rings. The second-order valence-electron chi connectivity index (χ2n) is 33.3. The normalized spacial score (nSPS) is 11.4. The number of aromatic nitrogens is 3. The first kappa shape index (κ1) is 121. The number of ether oxygens (including phenoxy) is 26. The monoisotopic (exact) mass is 2090 g/mol. The summed E-state index contributed by atoms with van der Waals surface area (Å²) < 4.78 is 152. The van der Waals surface area contributed by atoms with Gasteiger partial charge in [0.15, 0.2) is 40.2 Å². The Morgan fingerprint density at radius 2 is 0.517 bits per heavy atom. The molecule has 0 unspecified atom stereocenters. The summed E-state index contributed by atoms with van der Waals surface area (Å²) in [5.41, 5.74) is 0.588. The van der Waals surface area contributed by atoms with Crippen LogP contribution in [0.1, 0.15) is 97.5 Å². The molecule has 0 spiro atoms. The largest absolute Gasteiger partial charge is 0.505 e. The number of carbonyl (C=O) groups excluding carboxylic acids is 5. The lowest BCUT2D eigenvalue weighted by Gasteiger charge is -2.33. The highest BCUT2D eigenvalue weighted by atomic mass is 16.6. The molecule has 8 N–H and O–H groups in total. The van der Waals surface area contributed by atoms with Gasteiger partial charge in [-0.2, -0.15) is 0 Å². The summed E-state index contributed by atoms with van der Waals surface area (Å²) in [6.45, 7) is 9.88. The maximum absolute atomic E-state index is 15.6. The highest BCUT2D eigenvalue weighted by Gasteiger charge is 2.38. The zero-order chi connectivity index (χ0) is 106. The number of hydrogen-bond donors (Lipinski definition) is 8. The number of carbonyl (C=O) groups is 5. The van der Waals surface area contributed by atoms with Crippen LogP contribution in [0.2, 0.25) is 0 Å². The minimum atomic E-state index is -1.28. The van der Waals surface area contributed by atoms with Crippen LogP contribution < -0.4 is 64.5 Å². The second kappa shape index (κ2) is 73.2. The van der Waals surface area contributed by atoms with Crippen molar-refractivity contribution in [2.45, 2.75) is 58.2 Å². The standard InChI is InChI=1S/C107H148N8O34/c1-124-34-40-130-46-52-136-58-64-142-90-70-79(71-91(143-65-59-137-53-47-131-41-35-125-2)100(90)146-68-62-140-56-50-134-44-38-128-5)77-148-85-74-84(75-86(76-85)149-78-80-72-92(144-66-60-138-54-48-132-42-36-126-3)101(147-69-63-141-57-51-135-45-39-129-6)93(73-80)145-67-61-139-55-49-133-43-37-127-4)102(119)111-32-13-33-115-106(123)107(23-10-29-112-103(120)87-20-17-81-14-7-26-108-94(81)97(87)116,24-11-30-113-104(121)88-21-18-82-15-8-27-109-95(82)98(88)117)25-12-31-114-105(122)89-22-19-83-16-9-28-110-96(83)99(89)118/h7-9,14-22,26-28,70-76,116-118H,10-13,23-25,29-69,77-78H2,1-6H3,(H,111,119)(H,112,120)(H,113,121)(H,114,122)(H,115,123).